The first kappa shape index (κ1) is 22.5. The second kappa shape index (κ2) is 13.4. The second-order valence-electron chi connectivity index (χ2n) is 6.92. The zero-order valence-corrected chi connectivity index (χ0v) is 18.0. The predicted octanol–water partition coefficient (Wildman–Crippen LogP) is 8.01. The molecule has 0 spiro atoms. The topological polar surface area (TPSA) is 0 Å². The number of benzene rings is 4. The lowest BCUT2D eigenvalue weighted by molar-refractivity contribution is 1.19. The molecule has 0 radical (unpaired) electrons. The Morgan fingerprint density at radius 3 is 1.21 bits per heavy atom. The van der Waals surface area contributed by atoms with Gasteiger partial charge in [-0.1, -0.05) is 126 Å². The van der Waals surface area contributed by atoms with Crippen LogP contribution in [0.5, 0.6) is 0 Å². The van der Waals surface area contributed by atoms with E-state index in [0.29, 0.717) is 5.88 Å². The van der Waals surface area contributed by atoms with Crippen molar-refractivity contribution in [2.45, 2.75) is 26.1 Å². The van der Waals surface area contributed by atoms with Crippen LogP contribution in [0.4, 0.5) is 0 Å². The Kier molecular flexibility index (Phi) is 10.3. The third-order valence-electron chi connectivity index (χ3n) is 4.31. The van der Waals surface area contributed by atoms with E-state index < -0.39 is 0 Å². The highest BCUT2D eigenvalue weighted by molar-refractivity contribution is 6.17. The van der Waals surface area contributed by atoms with Crippen molar-refractivity contribution in [3.8, 4) is 0 Å². The predicted molar refractivity (Wildman–Crippen MR) is 128 cm³/mol. The standard InChI is InChI=1S/C14H14.C7H7Cl.C7H8/c1-12-7-9-14(10-8-12)11-13-5-3-2-4-6-13;8-6-7-4-2-1-3-5-7;1-7-5-3-2-4-6-7/h2-10H,11H2,1H3;1-5H,6H2;2-6H,1H3. The molecule has 0 aliphatic heterocycles. The van der Waals surface area contributed by atoms with Gasteiger partial charge in [-0.25, -0.2) is 0 Å². The third kappa shape index (κ3) is 9.78. The van der Waals surface area contributed by atoms with Gasteiger partial charge in [0.15, 0.2) is 0 Å². The van der Waals surface area contributed by atoms with Gasteiger partial charge in [-0.3, -0.25) is 0 Å². The molecule has 0 amide bonds. The summed E-state index contributed by atoms with van der Waals surface area (Å²) in [6.07, 6.45) is 1.03. The van der Waals surface area contributed by atoms with Crippen molar-refractivity contribution in [1.29, 1.82) is 0 Å². The largest absolute Gasteiger partial charge is 0.122 e. The highest BCUT2D eigenvalue weighted by atomic mass is 35.5. The molecular weight excluding hydrogens is 372 g/mol. The monoisotopic (exact) mass is 400 g/mol. The molecule has 4 aromatic carbocycles. The van der Waals surface area contributed by atoms with Crippen molar-refractivity contribution in [2.24, 2.45) is 0 Å². The Hall–Kier alpha value is -2.83. The van der Waals surface area contributed by atoms with E-state index in [1.54, 1.807) is 0 Å². The van der Waals surface area contributed by atoms with Crippen molar-refractivity contribution in [3.05, 3.63) is 143 Å². The summed E-state index contributed by atoms with van der Waals surface area (Å²) in [4.78, 5) is 0. The summed E-state index contributed by atoms with van der Waals surface area (Å²) < 4.78 is 0. The fraction of sp³-hybridized carbons (Fsp3) is 0.143. The number of hydrogen-bond donors (Lipinski definition) is 0. The van der Waals surface area contributed by atoms with E-state index in [-0.39, 0.29) is 0 Å². The highest BCUT2D eigenvalue weighted by Gasteiger charge is 1.94. The first-order chi connectivity index (χ1) is 14.2. The lowest BCUT2D eigenvalue weighted by atomic mass is 10.0. The minimum absolute atomic E-state index is 0.612. The Labute approximate surface area is 180 Å². The second-order valence-corrected chi connectivity index (χ2v) is 7.19. The van der Waals surface area contributed by atoms with Gasteiger partial charge in [0.2, 0.25) is 0 Å². The molecule has 0 unspecified atom stereocenters. The normalized spacial score (nSPS) is 9.48. The molecule has 0 bridgehead atoms. The fourth-order valence-corrected chi connectivity index (χ4v) is 2.82. The fourth-order valence-electron chi connectivity index (χ4n) is 2.64. The smallest absolute Gasteiger partial charge is 0.0474 e. The summed E-state index contributed by atoms with van der Waals surface area (Å²) in [6, 6.07) is 39.5. The van der Waals surface area contributed by atoms with E-state index in [9.17, 15) is 0 Å². The van der Waals surface area contributed by atoms with E-state index in [0.717, 1.165) is 6.42 Å². The van der Waals surface area contributed by atoms with Crippen LogP contribution < -0.4 is 0 Å². The molecule has 4 aromatic rings. The number of alkyl halides is 1. The molecule has 0 aliphatic carbocycles. The molecule has 0 atom stereocenters. The molecule has 0 fully saturated rings. The summed E-state index contributed by atoms with van der Waals surface area (Å²) in [5, 5.41) is 0. The summed E-state index contributed by atoms with van der Waals surface area (Å²) in [5.74, 6) is 0.612. The molecule has 0 nitrogen and oxygen atoms in total. The summed E-state index contributed by atoms with van der Waals surface area (Å²) in [7, 11) is 0. The number of aryl methyl sites for hydroxylation is 2. The van der Waals surface area contributed by atoms with Gasteiger partial charge in [0.1, 0.15) is 0 Å². The van der Waals surface area contributed by atoms with Crippen LogP contribution in [0.25, 0.3) is 0 Å². The van der Waals surface area contributed by atoms with E-state index in [1.165, 1.54) is 27.8 Å². The first-order valence-corrected chi connectivity index (χ1v) is 10.4. The Balaban J connectivity index is 0.000000170. The Morgan fingerprint density at radius 2 is 0.828 bits per heavy atom. The molecule has 4 rings (SSSR count). The molecule has 0 aliphatic rings. The molecular formula is C28H29Cl. The van der Waals surface area contributed by atoms with Crippen LogP contribution >= 0.6 is 11.6 Å². The lowest BCUT2D eigenvalue weighted by Gasteiger charge is -2.01. The maximum absolute atomic E-state index is 5.53. The van der Waals surface area contributed by atoms with Crippen LogP contribution in [-0.4, -0.2) is 0 Å². The minimum Gasteiger partial charge on any atom is -0.122 e. The van der Waals surface area contributed by atoms with Crippen molar-refractivity contribution in [3.63, 3.8) is 0 Å². The van der Waals surface area contributed by atoms with E-state index in [4.69, 9.17) is 11.6 Å². The minimum atomic E-state index is 0.612. The maximum atomic E-state index is 5.53. The molecule has 0 N–H and O–H groups in total. The Morgan fingerprint density at radius 1 is 0.448 bits per heavy atom. The van der Waals surface area contributed by atoms with Crippen molar-refractivity contribution < 1.29 is 0 Å². The SMILES string of the molecule is Cc1ccc(Cc2ccccc2)cc1.Cc1ccccc1.ClCc1ccccc1. The van der Waals surface area contributed by atoms with E-state index >= 15 is 0 Å². The quantitative estimate of drug-likeness (QED) is 0.305. The average molecular weight is 401 g/mol. The average Bonchev–Trinajstić information content (AvgIpc) is 2.78. The Bertz CT molecular complexity index is 899. The van der Waals surface area contributed by atoms with Gasteiger partial charge in [-0.05, 0) is 37.0 Å². The van der Waals surface area contributed by atoms with Crippen LogP contribution in [0.2, 0.25) is 0 Å². The van der Waals surface area contributed by atoms with Crippen LogP contribution in [0.1, 0.15) is 27.8 Å². The number of rotatable bonds is 3. The molecule has 1 heteroatoms. The van der Waals surface area contributed by atoms with Gasteiger partial charge in [0.25, 0.3) is 0 Å². The molecule has 0 saturated heterocycles. The summed E-state index contributed by atoms with van der Waals surface area (Å²) in [6.45, 7) is 4.20. The molecule has 0 aromatic heterocycles. The summed E-state index contributed by atoms with van der Waals surface area (Å²) >= 11 is 5.53. The van der Waals surface area contributed by atoms with Gasteiger partial charge >= 0.3 is 0 Å². The first-order valence-electron chi connectivity index (χ1n) is 9.88. The van der Waals surface area contributed by atoms with Crippen molar-refractivity contribution in [2.75, 3.05) is 0 Å². The molecule has 0 heterocycles. The molecule has 148 valence electrons. The summed E-state index contributed by atoms with van der Waals surface area (Å²) in [5.41, 5.74) is 6.57. The van der Waals surface area contributed by atoms with Crippen molar-refractivity contribution in [1.82, 2.24) is 0 Å². The maximum Gasteiger partial charge on any atom is 0.0474 e. The van der Waals surface area contributed by atoms with Gasteiger partial charge in [-0.2, -0.15) is 0 Å². The van der Waals surface area contributed by atoms with E-state index in [2.05, 4.69) is 80.6 Å². The lowest BCUT2D eigenvalue weighted by Crippen LogP contribution is -1.86. The van der Waals surface area contributed by atoms with Crippen LogP contribution in [0.15, 0.2) is 115 Å². The third-order valence-corrected chi connectivity index (χ3v) is 4.62. The van der Waals surface area contributed by atoms with Gasteiger partial charge in [0.05, 0.1) is 0 Å². The molecule has 0 saturated carbocycles. The van der Waals surface area contributed by atoms with Gasteiger partial charge in [-0.15, -0.1) is 11.6 Å². The van der Waals surface area contributed by atoms with Crippen molar-refractivity contribution >= 4 is 11.6 Å². The zero-order valence-electron chi connectivity index (χ0n) is 17.3. The van der Waals surface area contributed by atoms with Crippen LogP contribution in [0.3, 0.4) is 0 Å². The van der Waals surface area contributed by atoms with Crippen LogP contribution in [-0.2, 0) is 12.3 Å². The van der Waals surface area contributed by atoms with Gasteiger partial charge in [0, 0.05) is 5.88 Å². The van der Waals surface area contributed by atoms with Gasteiger partial charge < -0.3 is 0 Å². The molecule has 29 heavy (non-hydrogen) atoms. The van der Waals surface area contributed by atoms with E-state index in [1.807, 2.05) is 48.5 Å². The van der Waals surface area contributed by atoms with Crippen LogP contribution in [0, 0.1) is 13.8 Å². The zero-order chi connectivity index (χ0) is 20.7. The number of halogens is 1. The highest BCUT2D eigenvalue weighted by Crippen LogP contribution is 2.09. The number of hydrogen-bond acceptors (Lipinski definition) is 0.